The van der Waals surface area contributed by atoms with Crippen LogP contribution in [0.3, 0.4) is 0 Å². The van der Waals surface area contributed by atoms with Gasteiger partial charge in [0, 0.05) is 11.4 Å². The van der Waals surface area contributed by atoms with Gasteiger partial charge in [0.25, 0.3) is 11.5 Å². The molecule has 0 radical (unpaired) electrons. The standard InChI is InChI=1S/C16H15FN4O2S/c1-8(2)18-14(22)11-7-24-16(19-11)13-12(15(23)21-20-13)9-3-5-10(17)6-4-9/h3-8H,1-2H3,(H,18,22)(H2,20,21,23). The van der Waals surface area contributed by atoms with Gasteiger partial charge < -0.3 is 5.32 Å². The zero-order valence-corrected chi connectivity index (χ0v) is 13.8. The lowest BCUT2D eigenvalue weighted by Crippen LogP contribution is -2.30. The average Bonchev–Trinajstić information content (AvgIpc) is 3.14. The van der Waals surface area contributed by atoms with E-state index in [1.807, 2.05) is 13.8 Å². The van der Waals surface area contributed by atoms with E-state index < -0.39 is 0 Å². The van der Waals surface area contributed by atoms with E-state index in [-0.39, 0.29) is 29.0 Å². The molecule has 124 valence electrons. The van der Waals surface area contributed by atoms with Gasteiger partial charge in [-0.3, -0.25) is 19.8 Å². The van der Waals surface area contributed by atoms with E-state index in [2.05, 4.69) is 20.5 Å². The largest absolute Gasteiger partial charge is 0.349 e. The maximum atomic E-state index is 13.1. The maximum absolute atomic E-state index is 13.1. The number of aromatic nitrogens is 3. The van der Waals surface area contributed by atoms with Crippen molar-refractivity contribution in [2.24, 2.45) is 0 Å². The normalized spacial score (nSPS) is 11.0. The molecular weight excluding hydrogens is 331 g/mol. The number of thiazole rings is 1. The van der Waals surface area contributed by atoms with Gasteiger partial charge in [-0.15, -0.1) is 11.3 Å². The van der Waals surface area contributed by atoms with Gasteiger partial charge in [0.05, 0.1) is 5.56 Å². The summed E-state index contributed by atoms with van der Waals surface area (Å²) in [5.74, 6) is -0.650. The highest BCUT2D eigenvalue weighted by Gasteiger charge is 2.19. The van der Waals surface area contributed by atoms with Crippen molar-refractivity contribution in [1.82, 2.24) is 20.5 Å². The summed E-state index contributed by atoms with van der Waals surface area (Å²) >= 11 is 1.25. The Kier molecular flexibility index (Phi) is 4.30. The van der Waals surface area contributed by atoms with Crippen LogP contribution in [0.5, 0.6) is 0 Å². The minimum absolute atomic E-state index is 0.00416. The summed E-state index contributed by atoms with van der Waals surface area (Å²) in [6.45, 7) is 3.73. The molecule has 3 N–H and O–H groups in total. The second kappa shape index (κ2) is 6.40. The third-order valence-corrected chi connectivity index (χ3v) is 4.14. The van der Waals surface area contributed by atoms with Crippen molar-refractivity contribution in [3.63, 3.8) is 0 Å². The molecule has 1 aromatic carbocycles. The van der Waals surface area contributed by atoms with Gasteiger partial charge in [0.1, 0.15) is 22.2 Å². The molecule has 0 aliphatic rings. The van der Waals surface area contributed by atoms with Crippen LogP contribution in [-0.2, 0) is 0 Å². The summed E-state index contributed by atoms with van der Waals surface area (Å²) in [7, 11) is 0. The Morgan fingerprint density at radius 2 is 1.96 bits per heavy atom. The summed E-state index contributed by atoms with van der Waals surface area (Å²) in [6, 6.07) is 5.63. The van der Waals surface area contributed by atoms with Crippen LogP contribution in [0.15, 0.2) is 34.4 Å². The minimum Gasteiger partial charge on any atom is -0.349 e. The first-order valence-corrected chi connectivity index (χ1v) is 8.17. The Morgan fingerprint density at radius 1 is 1.25 bits per heavy atom. The lowest BCUT2D eigenvalue weighted by atomic mass is 10.1. The van der Waals surface area contributed by atoms with Crippen LogP contribution in [0.25, 0.3) is 21.8 Å². The molecule has 0 saturated heterocycles. The van der Waals surface area contributed by atoms with Crippen LogP contribution in [0.4, 0.5) is 4.39 Å². The lowest BCUT2D eigenvalue weighted by Gasteiger charge is -2.05. The fourth-order valence-corrected chi connectivity index (χ4v) is 3.04. The Hall–Kier alpha value is -2.74. The van der Waals surface area contributed by atoms with Crippen LogP contribution >= 0.6 is 11.3 Å². The third-order valence-electron chi connectivity index (χ3n) is 3.28. The molecule has 6 nitrogen and oxygen atoms in total. The Morgan fingerprint density at radius 3 is 2.62 bits per heavy atom. The fourth-order valence-electron chi connectivity index (χ4n) is 2.24. The Balaban J connectivity index is 2.00. The predicted octanol–water partition coefficient (Wildman–Crippen LogP) is 2.77. The molecule has 24 heavy (non-hydrogen) atoms. The molecule has 0 aliphatic heterocycles. The number of hydrogen-bond acceptors (Lipinski definition) is 4. The number of benzene rings is 1. The summed E-state index contributed by atoms with van der Waals surface area (Å²) in [6.07, 6.45) is 0. The van der Waals surface area contributed by atoms with Crippen LogP contribution in [0.2, 0.25) is 0 Å². The molecule has 1 amide bonds. The lowest BCUT2D eigenvalue weighted by molar-refractivity contribution is 0.0939. The van der Waals surface area contributed by atoms with Crippen LogP contribution in [0.1, 0.15) is 24.3 Å². The second-order valence-corrected chi connectivity index (χ2v) is 6.36. The second-order valence-electron chi connectivity index (χ2n) is 5.50. The van der Waals surface area contributed by atoms with E-state index in [9.17, 15) is 14.0 Å². The van der Waals surface area contributed by atoms with Crippen molar-refractivity contribution in [2.75, 3.05) is 0 Å². The molecule has 3 aromatic rings. The van der Waals surface area contributed by atoms with Gasteiger partial charge in [0.15, 0.2) is 0 Å². The number of nitrogens with zero attached hydrogens (tertiary/aromatic N) is 1. The predicted molar refractivity (Wildman–Crippen MR) is 90.5 cm³/mol. The van der Waals surface area contributed by atoms with Gasteiger partial charge in [0.2, 0.25) is 0 Å². The van der Waals surface area contributed by atoms with Crippen LogP contribution < -0.4 is 10.9 Å². The molecule has 3 rings (SSSR count). The van der Waals surface area contributed by atoms with E-state index in [0.29, 0.717) is 21.8 Å². The zero-order valence-electron chi connectivity index (χ0n) is 13.0. The molecule has 0 saturated carbocycles. The summed E-state index contributed by atoms with van der Waals surface area (Å²) in [5.41, 5.74) is 1.36. The number of carbonyl (C=O) groups is 1. The molecule has 0 unspecified atom stereocenters. The fraction of sp³-hybridized carbons (Fsp3) is 0.188. The van der Waals surface area contributed by atoms with Crippen molar-refractivity contribution in [3.05, 3.63) is 51.5 Å². The minimum atomic E-state index is -0.380. The van der Waals surface area contributed by atoms with Crippen LogP contribution in [0, 0.1) is 5.82 Å². The van der Waals surface area contributed by atoms with Gasteiger partial charge in [-0.2, -0.15) is 0 Å². The average molecular weight is 346 g/mol. The van der Waals surface area contributed by atoms with E-state index in [1.165, 1.54) is 35.6 Å². The molecule has 0 atom stereocenters. The third kappa shape index (κ3) is 3.13. The van der Waals surface area contributed by atoms with Gasteiger partial charge in [-0.25, -0.2) is 9.37 Å². The smallest absolute Gasteiger partial charge is 0.272 e. The molecule has 0 bridgehead atoms. The zero-order chi connectivity index (χ0) is 17.3. The Labute approximate surface area is 140 Å². The van der Waals surface area contributed by atoms with Crippen molar-refractivity contribution >= 4 is 17.2 Å². The molecule has 8 heteroatoms. The van der Waals surface area contributed by atoms with E-state index in [0.717, 1.165) is 0 Å². The SMILES string of the molecule is CC(C)NC(=O)c1csc(-c2[nH][nH]c(=O)c2-c2ccc(F)cc2)n1. The van der Waals surface area contributed by atoms with E-state index in [1.54, 1.807) is 5.38 Å². The highest BCUT2D eigenvalue weighted by molar-refractivity contribution is 7.13. The molecule has 0 spiro atoms. The highest BCUT2D eigenvalue weighted by Crippen LogP contribution is 2.29. The number of hydrogen-bond donors (Lipinski definition) is 3. The first-order chi connectivity index (χ1) is 11.5. The van der Waals surface area contributed by atoms with Crippen LogP contribution in [-0.4, -0.2) is 27.1 Å². The summed E-state index contributed by atoms with van der Waals surface area (Å²) < 4.78 is 13.1. The number of amides is 1. The van der Waals surface area contributed by atoms with Crippen molar-refractivity contribution in [2.45, 2.75) is 19.9 Å². The molecular formula is C16H15FN4O2S. The summed E-state index contributed by atoms with van der Waals surface area (Å²) in [5, 5.41) is 10.2. The van der Waals surface area contributed by atoms with Crippen molar-refractivity contribution in [1.29, 1.82) is 0 Å². The number of H-pyrrole nitrogens is 2. The molecule has 2 heterocycles. The number of carbonyl (C=O) groups excluding carboxylic acids is 1. The Bertz CT molecular complexity index is 924. The number of rotatable bonds is 4. The van der Waals surface area contributed by atoms with Crippen molar-refractivity contribution < 1.29 is 9.18 Å². The van der Waals surface area contributed by atoms with E-state index in [4.69, 9.17) is 0 Å². The van der Waals surface area contributed by atoms with Crippen molar-refractivity contribution in [3.8, 4) is 21.8 Å². The van der Waals surface area contributed by atoms with Gasteiger partial charge in [-0.05, 0) is 31.5 Å². The van der Waals surface area contributed by atoms with Gasteiger partial charge in [-0.1, -0.05) is 12.1 Å². The highest BCUT2D eigenvalue weighted by atomic mass is 32.1. The first-order valence-electron chi connectivity index (χ1n) is 7.29. The molecule has 2 aromatic heterocycles. The quantitative estimate of drug-likeness (QED) is 0.678. The van der Waals surface area contributed by atoms with E-state index >= 15 is 0 Å². The number of aromatic amines is 2. The van der Waals surface area contributed by atoms with Gasteiger partial charge >= 0.3 is 0 Å². The molecule has 0 fully saturated rings. The first kappa shape index (κ1) is 16.1. The molecule has 0 aliphatic carbocycles. The number of nitrogens with one attached hydrogen (secondary N) is 3. The summed E-state index contributed by atoms with van der Waals surface area (Å²) in [4.78, 5) is 28.4. The maximum Gasteiger partial charge on any atom is 0.272 e. The monoisotopic (exact) mass is 346 g/mol. The topological polar surface area (TPSA) is 90.6 Å². The number of halogens is 1.